The van der Waals surface area contributed by atoms with Gasteiger partial charge in [-0.1, -0.05) is 12.0 Å². The van der Waals surface area contributed by atoms with E-state index in [2.05, 4.69) is 22.4 Å². The highest BCUT2D eigenvalue weighted by molar-refractivity contribution is 5.19. The Balaban J connectivity index is 1.88. The predicted molar refractivity (Wildman–Crippen MR) is 57.3 cm³/mol. The van der Waals surface area contributed by atoms with Gasteiger partial charge in [0.05, 0.1) is 6.04 Å². The van der Waals surface area contributed by atoms with E-state index in [1.807, 2.05) is 6.92 Å². The van der Waals surface area contributed by atoms with E-state index < -0.39 is 0 Å². The number of hydrogen-bond donors (Lipinski definition) is 2. The van der Waals surface area contributed by atoms with Crippen LogP contribution in [0.2, 0.25) is 0 Å². The molecule has 0 radical (unpaired) electrons. The van der Waals surface area contributed by atoms with Crippen molar-refractivity contribution < 1.29 is 4.42 Å². The largest absolute Gasteiger partial charge is 0.406 e. The first-order valence-corrected chi connectivity index (χ1v) is 5.48. The Morgan fingerprint density at radius 3 is 2.73 bits per heavy atom. The van der Waals surface area contributed by atoms with Gasteiger partial charge in [0.2, 0.25) is 5.89 Å². The van der Waals surface area contributed by atoms with E-state index in [1.54, 1.807) is 0 Å². The second-order valence-corrected chi connectivity index (χ2v) is 4.44. The molecule has 2 rings (SSSR count). The molecule has 3 N–H and O–H groups in total. The third-order valence-corrected chi connectivity index (χ3v) is 3.15. The Labute approximate surface area is 89.4 Å². The zero-order valence-electron chi connectivity index (χ0n) is 9.29. The van der Waals surface area contributed by atoms with Crippen LogP contribution >= 0.6 is 0 Å². The fourth-order valence-corrected chi connectivity index (χ4v) is 1.59. The van der Waals surface area contributed by atoms with E-state index in [0.29, 0.717) is 17.3 Å². The molecule has 0 aromatic carbocycles. The van der Waals surface area contributed by atoms with Crippen molar-refractivity contribution in [3.8, 4) is 0 Å². The summed E-state index contributed by atoms with van der Waals surface area (Å²) in [5.41, 5.74) is 6.10. The van der Waals surface area contributed by atoms with Gasteiger partial charge in [0.15, 0.2) is 0 Å². The van der Waals surface area contributed by atoms with Gasteiger partial charge in [-0.25, -0.2) is 0 Å². The summed E-state index contributed by atoms with van der Waals surface area (Å²) in [7, 11) is 0. The summed E-state index contributed by atoms with van der Waals surface area (Å²) < 4.78 is 5.35. The van der Waals surface area contributed by atoms with Crippen LogP contribution in [0.4, 0.5) is 6.01 Å². The molecule has 5 nitrogen and oxygen atoms in total. The Bertz CT molecular complexity index is 330. The summed E-state index contributed by atoms with van der Waals surface area (Å²) in [6.07, 6.45) is 3.80. The summed E-state index contributed by atoms with van der Waals surface area (Å²) in [5, 5.41) is 10.9. The van der Waals surface area contributed by atoms with E-state index in [9.17, 15) is 0 Å². The van der Waals surface area contributed by atoms with Crippen LogP contribution in [0.3, 0.4) is 0 Å². The van der Waals surface area contributed by atoms with Crippen LogP contribution in [0.1, 0.15) is 45.0 Å². The minimum Gasteiger partial charge on any atom is -0.406 e. The number of nitrogens with one attached hydrogen (secondary N) is 1. The molecule has 1 aromatic heterocycles. The maximum Gasteiger partial charge on any atom is 0.315 e. The van der Waals surface area contributed by atoms with Crippen molar-refractivity contribution in [2.24, 2.45) is 11.1 Å². The van der Waals surface area contributed by atoms with Gasteiger partial charge >= 0.3 is 6.01 Å². The summed E-state index contributed by atoms with van der Waals surface area (Å²) in [6.45, 7) is 4.96. The van der Waals surface area contributed by atoms with Gasteiger partial charge in [-0.2, -0.15) is 0 Å². The van der Waals surface area contributed by atoms with Crippen LogP contribution in [-0.4, -0.2) is 16.7 Å². The van der Waals surface area contributed by atoms with Crippen molar-refractivity contribution in [1.82, 2.24) is 10.2 Å². The van der Waals surface area contributed by atoms with Crippen LogP contribution in [0.25, 0.3) is 0 Å². The van der Waals surface area contributed by atoms with Crippen LogP contribution < -0.4 is 11.1 Å². The van der Waals surface area contributed by atoms with Crippen LogP contribution in [0.15, 0.2) is 4.42 Å². The highest BCUT2D eigenvalue weighted by Crippen LogP contribution is 2.48. The molecule has 15 heavy (non-hydrogen) atoms. The molecular weight excluding hydrogens is 192 g/mol. The fourth-order valence-electron chi connectivity index (χ4n) is 1.59. The maximum absolute atomic E-state index is 5.62. The number of hydrogen-bond acceptors (Lipinski definition) is 5. The molecule has 1 atom stereocenters. The third kappa shape index (κ3) is 2.28. The van der Waals surface area contributed by atoms with Crippen molar-refractivity contribution in [1.29, 1.82) is 0 Å². The second kappa shape index (κ2) is 3.81. The zero-order chi connectivity index (χ0) is 10.9. The first-order chi connectivity index (χ1) is 7.15. The molecule has 1 saturated carbocycles. The molecule has 1 aliphatic rings. The van der Waals surface area contributed by atoms with Crippen molar-refractivity contribution in [2.45, 2.75) is 39.2 Å². The molecule has 0 saturated heterocycles. The van der Waals surface area contributed by atoms with E-state index in [0.717, 1.165) is 6.54 Å². The Morgan fingerprint density at radius 2 is 2.27 bits per heavy atom. The Hall–Kier alpha value is -1.10. The third-order valence-electron chi connectivity index (χ3n) is 3.15. The average molecular weight is 210 g/mol. The van der Waals surface area contributed by atoms with Gasteiger partial charge in [-0.05, 0) is 31.6 Å². The van der Waals surface area contributed by atoms with Crippen LogP contribution in [0.5, 0.6) is 0 Å². The molecule has 1 fully saturated rings. The van der Waals surface area contributed by atoms with Crippen LogP contribution in [-0.2, 0) is 0 Å². The predicted octanol–water partition coefficient (Wildman–Crippen LogP) is 1.69. The van der Waals surface area contributed by atoms with Gasteiger partial charge < -0.3 is 15.5 Å². The molecule has 1 aromatic rings. The lowest BCUT2D eigenvalue weighted by molar-refractivity contribution is 0.460. The summed E-state index contributed by atoms with van der Waals surface area (Å²) in [5.74, 6) is 0.485. The van der Waals surface area contributed by atoms with Gasteiger partial charge in [-0.15, -0.1) is 5.10 Å². The monoisotopic (exact) mass is 210 g/mol. The molecular formula is C10H18N4O. The summed E-state index contributed by atoms with van der Waals surface area (Å²) in [4.78, 5) is 0. The highest BCUT2D eigenvalue weighted by Gasteiger charge is 2.40. The lowest BCUT2D eigenvalue weighted by Crippen LogP contribution is -2.14. The number of aromatic nitrogens is 2. The summed E-state index contributed by atoms with van der Waals surface area (Å²) in [6, 6.07) is 0.288. The first kappa shape index (κ1) is 10.4. The Morgan fingerprint density at radius 1 is 1.53 bits per heavy atom. The van der Waals surface area contributed by atoms with Gasteiger partial charge in [-0.3, -0.25) is 0 Å². The number of nitrogens with zero attached hydrogens (tertiary/aromatic N) is 2. The van der Waals surface area contributed by atoms with E-state index in [4.69, 9.17) is 10.2 Å². The maximum atomic E-state index is 5.62. The van der Waals surface area contributed by atoms with Gasteiger partial charge in [0, 0.05) is 6.54 Å². The molecule has 0 spiro atoms. The highest BCUT2D eigenvalue weighted by atomic mass is 16.4. The lowest BCUT2D eigenvalue weighted by atomic mass is 10.0. The lowest BCUT2D eigenvalue weighted by Gasteiger charge is -2.11. The molecule has 0 amide bonds. The van der Waals surface area contributed by atoms with Crippen LogP contribution in [0, 0.1) is 5.41 Å². The normalized spacial score (nSPS) is 19.9. The van der Waals surface area contributed by atoms with Crippen molar-refractivity contribution in [2.75, 3.05) is 11.9 Å². The summed E-state index contributed by atoms with van der Waals surface area (Å²) >= 11 is 0. The van der Waals surface area contributed by atoms with Crippen molar-refractivity contribution in [3.05, 3.63) is 5.89 Å². The van der Waals surface area contributed by atoms with E-state index >= 15 is 0 Å². The minimum absolute atomic E-state index is 0.200. The van der Waals surface area contributed by atoms with Crippen molar-refractivity contribution in [3.63, 3.8) is 0 Å². The topological polar surface area (TPSA) is 77.0 Å². The molecule has 1 unspecified atom stereocenters. The number of nitrogens with two attached hydrogens (primary N) is 1. The molecule has 1 aliphatic carbocycles. The second-order valence-electron chi connectivity index (χ2n) is 4.44. The quantitative estimate of drug-likeness (QED) is 0.773. The van der Waals surface area contributed by atoms with E-state index in [1.165, 1.54) is 19.3 Å². The SMILES string of the molecule is CCC1(CNc2nnc(C(C)N)o2)CC1. The van der Waals surface area contributed by atoms with Gasteiger partial charge in [0.1, 0.15) is 0 Å². The molecule has 1 heterocycles. The molecule has 0 aliphatic heterocycles. The molecule has 84 valence electrons. The fraction of sp³-hybridized carbons (Fsp3) is 0.800. The minimum atomic E-state index is -0.200. The molecule has 5 heteroatoms. The van der Waals surface area contributed by atoms with Crippen molar-refractivity contribution >= 4 is 6.01 Å². The first-order valence-electron chi connectivity index (χ1n) is 5.48. The average Bonchev–Trinajstić information content (AvgIpc) is 2.85. The van der Waals surface area contributed by atoms with Gasteiger partial charge in [0.25, 0.3) is 0 Å². The number of anilines is 1. The standard InChI is InChI=1S/C10H18N4O/c1-3-10(4-5-10)6-12-9-14-13-8(15-9)7(2)11/h7H,3-6,11H2,1-2H3,(H,12,14). The van der Waals surface area contributed by atoms with E-state index in [-0.39, 0.29) is 6.04 Å². The smallest absolute Gasteiger partial charge is 0.315 e. The zero-order valence-corrected chi connectivity index (χ0v) is 9.29. The molecule has 0 bridgehead atoms. The number of rotatable bonds is 5. The Kier molecular flexibility index (Phi) is 2.65.